The van der Waals surface area contributed by atoms with Gasteiger partial charge >= 0.3 is 18.0 Å². The molecule has 0 aromatic heterocycles. The Morgan fingerprint density at radius 1 is 0.957 bits per heavy atom. The Kier molecular flexibility index (Phi) is 9.59. The van der Waals surface area contributed by atoms with Crippen LogP contribution in [-0.2, 0) is 24.3 Å². The molecule has 1 unspecified atom stereocenters. The van der Waals surface area contributed by atoms with Crippen LogP contribution in [0.25, 0.3) is 11.1 Å². The number of ether oxygens (including phenoxy) is 2. The molecule has 2 aliphatic rings. The number of aliphatic carboxylic acids is 2. The first-order chi connectivity index (χ1) is 22.1. The molecule has 5 rings (SSSR count). The minimum atomic E-state index is -4.56. The summed E-state index contributed by atoms with van der Waals surface area (Å²) in [5, 5.41) is 20.7. The minimum Gasteiger partial charge on any atom is -0.490 e. The quantitative estimate of drug-likeness (QED) is 0.267. The number of carbonyl (C=O) groups is 3. The molecule has 11 nitrogen and oxygen atoms in total. The zero-order valence-corrected chi connectivity index (χ0v) is 27.8. The number of carboxylic acids is 2. The van der Waals surface area contributed by atoms with Crippen LogP contribution in [0, 0.1) is 0 Å². The largest absolute Gasteiger partial charge is 0.490 e. The smallest absolute Gasteiger partial charge is 0.410 e. The summed E-state index contributed by atoms with van der Waals surface area (Å²) in [6.45, 7) is 5.30. The molecule has 3 aromatic carbocycles. The molecule has 1 aliphatic heterocycles. The highest BCUT2D eigenvalue weighted by Crippen LogP contribution is 2.57. The van der Waals surface area contributed by atoms with E-state index in [1.54, 1.807) is 65.6 Å². The number of rotatable bonds is 10. The summed E-state index contributed by atoms with van der Waals surface area (Å²) in [7, 11) is -4.56. The molecule has 1 heterocycles. The van der Waals surface area contributed by atoms with E-state index in [9.17, 15) is 33.0 Å². The molecule has 0 radical (unpaired) electrons. The molecule has 2 N–H and O–H groups in total. The van der Waals surface area contributed by atoms with Crippen molar-refractivity contribution in [1.29, 1.82) is 0 Å². The zero-order chi connectivity index (χ0) is 34.1. The van der Waals surface area contributed by atoms with Gasteiger partial charge in [-0.3, -0.25) is 9.59 Å². The maximum absolute atomic E-state index is 13.9. The van der Waals surface area contributed by atoms with E-state index >= 15 is 0 Å². The fraction of sp³-hybridized carbons (Fsp3) is 0.382. The van der Waals surface area contributed by atoms with E-state index in [1.807, 2.05) is 20.8 Å². The molecule has 0 spiro atoms. The number of carboxylic acid groups (broad SMARTS) is 2. The van der Waals surface area contributed by atoms with E-state index < -0.39 is 45.6 Å². The van der Waals surface area contributed by atoms with Crippen molar-refractivity contribution in [1.82, 2.24) is 9.21 Å². The summed E-state index contributed by atoms with van der Waals surface area (Å²) in [5.41, 5.74) is -0.597. The first-order valence-corrected chi connectivity index (χ1v) is 17.0. The van der Waals surface area contributed by atoms with Crippen molar-refractivity contribution >= 4 is 39.7 Å². The number of halogens is 1. The fourth-order valence-electron chi connectivity index (χ4n) is 5.90. The summed E-state index contributed by atoms with van der Waals surface area (Å²) >= 11 is 5.97. The van der Waals surface area contributed by atoms with Crippen molar-refractivity contribution in [3.63, 3.8) is 0 Å². The molecule has 3 aromatic rings. The maximum atomic E-state index is 13.9. The Bertz CT molecular complexity index is 1750. The minimum absolute atomic E-state index is 0.116. The number of nitrogens with zero attached hydrogens (tertiary/aromatic N) is 2. The third-order valence-electron chi connectivity index (χ3n) is 8.30. The first-order valence-electron chi connectivity index (χ1n) is 15.2. The highest BCUT2D eigenvalue weighted by molar-refractivity contribution is 7.89. The van der Waals surface area contributed by atoms with Crippen LogP contribution in [0.2, 0.25) is 5.02 Å². The van der Waals surface area contributed by atoms with E-state index in [0.717, 1.165) is 5.56 Å². The lowest BCUT2D eigenvalue weighted by Crippen LogP contribution is -2.50. The van der Waals surface area contributed by atoms with Crippen LogP contribution >= 0.6 is 11.6 Å². The van der Waals surface area contributed by atoms with Crippen molar-refractivity contribution in [2.24, 2.45) is 0 Å². The molecular weight excluding hydrogens is 648 g/mol. The molecule has 2 fully saturated rings. The van der Waals surface area contributed by atoms with E-state index in [4.69, 9.17) is 21.1 Å². The SMILES string of the molecule is CC(C)(C)OC(=O)N1CCC(Oc2cccc([C@H]3CC3(C(=O)O)N(CC(=O)O)S(=O)(=O)c3ccc(-c4ccc(Cl)cc4)cc3)c2)CC1. The zero-order valence-electron chi connectivity index (χ0n) is 26.3. The second-order valence-electron chi connectivity index (χ2n) is 12.8. The summed E-state index contributed by atoms with van der Waals surface area (Å²) in [4.78, 5) is 38.6. The standard InChI is InChI=1S/C34H37ClN2O9S/c1-33(2,3)46-32(42)36-17-15-26(16-18-36)45-27-6-4-5-24(19-27)29-20-34(29,31(40)41)37(21-30(38)39)47(43,44)28-13-9-23(10-14-28)22-7-11-25(35)12-8-22/h4-14,19,26,29H,15-18,20-21H2,1-3H3,(H,38,39)(H,40,41)/t29-,34?/m1/s1. The average Bonchev–Trinajstić information content (AvgIpc) is 3.77. The summed E-state index contributed by atoms with van der Waals surface area (Å²) < 4.78 is 40.1. The van der Waals surface area contributed by atoms with Crippen molar-refractivity contribution in [3.8, 4) is 16.9 Å². The number of hydrogen-bond donors (Lipinski definition) is 2. The van der Waals surface area contributed by atoms with Gasteiger partial charge < -0.3 is 24.6 Å². The van der Waals surface area contributed by atoms with Gasteiger partial charge in [-0.2, -0.15) is 4.31 Å². The highest BCUT2D eigenvalue weighted by Gasteiger charge is 2.68. The predicted octanol–water partition coefficient (Wildman–Crippen LogP) is 5.87. The van der Waals surface area contributed by atoms with Crippen LogP contribution in [-0.4, -0.2) is 82.7 Å². The fourth-order valence-corrected chi connectivity index (χ4v) is 7.75. The molecular formula is C34H37ClN2O9S. The first kappa shape index (κ1) is 34.2. The Morgan fingerprint density at radius 3 is 2.11 bits per heavy atom. The van der Waals surface area contributed by atoms with E-state index in [0.29, 0.717) is 52.1 Å². The highest BCUT2D eigenvalue weighted by atomic mass is 35.5. The van der Waals surface area contributed by atoms with Gasteiger partial charge in [0, 0.05) is 36.9 Å². The van der Waals surface area contributed by atoms with Gasteiger partial charge in [-0.25, -0.2) is 13.2 Å². The van der Waals surface area contributed by atoms with Gasteiger partial charge in [-0.1, -0.05) is 48.0 Å². The number of benzene rings is 3. The molecule has 1 saturated carbocycles. The van der Waals surface area contributed by atoms with Crippen LogP contribution in [0.15, 0.2) is 77.7 Å². The van der Waals surface area contributed by atoms with Gasteiger partial charge in [0.1, 0.15) is 29.5 Å². The summed E-state index contributed by atoms with van der Waals surface area (Å²) in [6, 6.07) is 19.6. The van der Waals surface area contributed by atoms with Crippen molar-refractivity contribution < 1.29 is 42.5 Å². The van der Waals surface area contributed by atoms with E-state index in [-0.39, 0.29) is 23.5 Å². The van der Waals surface area contributed by atoms with Gasteiger partial charge in [0.05, 0.1) is 4.90 Å². The van der Waals surface area contributed by atoms with Crippen LogP contribution < -0.4 is 4.74 Å². The van der Waals surface area contributed by atoms with Crippen LogP contribution in [0.5, 0.6) is 5.75 Å². The number of hydrogen-bond acceptors (Lipinski definition) is 7. The van der Waals surface area contributed by atoms with E-state index in [1.165, 1.54) is 12.1 Å². The van der Waals surface area contributed by atoms with Gasteiger partial charge in [-0.05, 0) is 80.3 Å². The molecule has 0 bridgehead atoms. The monoisotopic (exact) mass is 684 g/mol. The second kappa shape index (κ2) is 13.2. The van der Waals surface area contributed by atoms with Gasteiger partial charge in [0.2, 0.25) is 10.0 Å². The normalized spacial score (nSPS) is 20.1. The van der Waals surface area contributed by atoms with Crippen molar-refractivity contribution in [2.45, 2.75) is 68.1 Å². The van der Waals surface area contributed by atoms with Crippen LogP contribution in [0.3, 0.4) is 0 Å². The molecule has 13 heteroatoms. The number of likely N-dealkylation sites (tertiary alicyclic amines) is 1. The van der Waals surface area contributed by atoms with Gasteiger partial charge in [0.25, 0.3) is 0 Å². The molecule has 250 valence electrons. The lowest BCUT2D eigenvalue weighted by molar-refractivity contribution is -0.145. The number of carbonyl (C=O) groups excluding carboxylic acids is 1. The Balaban J connectivity index is 1.34. The van der Waals surface area contributed by atoms with E-state index in [2.05, 4.69) is 0 Å². The number of sulfonamides is 1. The summed E-state index contributed by atoms with van der Waals surface area (Å²) in [6.07, 6.45) is 0.429. The van der Waals surface area contributed by atoms with Crippen LogP contribution in [0.4, 0.5) is 4.79 Å². The lowest BCUT2D eigenvalue weighted by atomic mass is 10.0. The van der Waals surface area contributed by atoms with Crippen molar-refractivity contribution in [3.05, 3.63) is 83.4 Å². The third kappa shape index (κ3) is 7.55. The van der Waals surface area contributed by atoms with Gasteiger partial charge in [-0.15, -0.1) is 0 Å². The molecule has 1 saturated heterocycles. The molecule has 1 amide bonds. The second-order valence-corrected chi connectivity index (χ2v) is 15.1. The number of piperidine rings is 1. The molecule has 47 heavy (non-hydrogen) atoms. The average molecular weight is 685 g/mol. The Morgan fingerprint density at radius 2 is 1.55 bits per heavy atom. The molecule has 2 atom stereocenters. The van der Waals surface area contributed by atoms with Crippen LogP contribution in [0.1, 0.15) is 51.5 Å². The predicted molar refractivity (Wildman–Crippen MR) is 174 cm³/mol. The van der Waals surface area contributed by atoms with Crippen molar-refractivity contribution in [2.75, 3.05) is 19.6 Å². The molecule has 1 aliphatic carbocycles. The summed E-state index contributed by atoms with van der Waals surface area (Å²) in [5.74, 6) is -3.27. The number of amides is 1. The third-order valence-corrected chi connectivity index (χ3v) is 10.5. The Labute approximate surface area is 278 Å². The maximum Gasteiger partial charge on any atom is 0.410 e. The Hall–Kier alpha value is -4.13. The van der Waals surface area contributed by atoms with Gasteiger partial charge in [0.15, 0.2) is 0 Å². The topological polar surface area (TPSA) is 151 Å². The lowest BCUT2D eigenvalue weighted by Gasteiger charge is -2.33.